The molecular weight excluding hydrogens is 284 g/mol. The van der Waals surface area contributed by atoms with Crippen LogP contribution in [0, 0.1) is 13.8 Å². The van der Waals surface area contributed by atoms with Crippen LogP contribution in [0.5, 0.6) is 0 Å². The Morgan fingerprint density at radius 1 is 1.38 bits per heavy atom. The predicted octanol–water partition coefficient (Wildman–Crippen LogP) is 2.74. The monoisotopic (exact) mass is 304 g/mol. The summed E-state index contributed by atoms with van der Waals surface area (Å²) in [5.41, 5.74) is 9.17. The molecule has 6 heteroatoms. The SMILES string of the molecule is Cc1cc(SCCC(=O)Nc2ccc(N)cc2C)n(C)n1. The maximum absolute atomic E-state index is 12.0. The molecule has 0 spiro atoms. The van der Waals surface area contributed by atoms with E-state index < -0.39 is 0 Å². The average molecular weight is 304 g/mol. The van der Waals surface area contributed by atoms with Gasteiger partial charge in [0.15, 0.2) is 0 Å². The molecule has 21 heavy (non-hydrogen) atoms. The Morgan fingerprint density at radius 2 is 2.14 bits per heavy atom. The van der Waals surface area contributed by atoms with Crippen molar-refractivity contribution in [1.29, 1.82) is 0 Å². The second-order valence-corrected chi connectivity index (χ2v) is 6.08. The van der Waals surface area contributed by atoms with Crippen molar-refractivity contribution in [2.45, 2.75) is 25.3 Å². The largest absolute Gasteiger partial charge is 0.399 e. The third kappa shape index (κ3) is 4.26. The zero-order valence-electron chi connectivity index (χ0n) is 12.5. The number of carbonyl (C=O) groups excluding carboxylic acids is 1. The summed E-state index contributed by atoms with van der Waals surface area (Å²) >= 11 is 1.63. The number of rotatable bonds is 5. The molecule has 0 bridgehead atoms. The third-order valence-electron chi connectivity index (χ3n) is 3.06. The Balaban J connectivity index is 1.83. The quantitative estimate of drug-likeness (QED) is 0.658. The van der Waals surface area contributed by atoms with Crippen molar-refractivity contribution in [2.75, 3.05) is 16.8 Å². The summed E-state index contributed by atoms with van der Waals surface area (Å²) in [5, 5.41) is 8.27. The number of amides is 1. The highest BCUT2D eigenvalue weighted by Gasteiger charge is 2.07. The van der Waals surface area contributed by atoms with Gasteiger partial charge in [-0.05, 0) is 43.7 Å². The van der Waals surface area contributed by atoms with Gasteiger partial charge in [-0.15, -0.1) is 11.8 Å². The van der Waals surface area contributed by atoms with Gasteiger partial charge in [0, 0.05) is 30.6 Å². The lowest BCUT2D eigenvalue weighted by atomic mass is 10.2. The van der Waals surface area contributed by atoms with Gasteiger partial charge in [-0.25, -0.2) is 0 Å². The Kier molecular flexibility index (Phi) is 4.90. The molecule has 0 radical (unpaired) electrons. The van der Waals surface area contributed by atoms with Crippen LogP contribution in [0.15, 0.2) is 29.3 Å². The zero-order valence-corrected chi connectivity index (χ0v) is 13.3. The van der Waals surface area contributed by atoms with Gasteiger partial charge < -0.3 is 11.1 Å². The van der Waals surface area contributed by atoms with E-state index in [0.717, 1.165) is 27.7 Å². The van der Waals surface area contributed by atoms with Crippen molar-refractivity contribution >= 4 is 29.0 Å². The molecule has 0 unspecified atom stereocenters. The summed E-state index contributed by atoms with van der Waals surface area (Å²) in [7, 11) is 1.91. The lowest BCUT2D eigenvalue weighted by Gasteiger charge is -2.09. The molecule has 2 aromatic rings. The second kappa shape index (κ2) is 6.67. The van der Waals surface area contributed by atoms with Gasteiger partial charge in [-0.1, -0.05) is 0 Å². The molecule has 5 nitrogen and oxygen atoms in total. The van der Waals surface area contributed by atoms with Crippen molar-refractivity contribution < 1.29 is 4.79 Å². The topological polar surface area (TPSA) is 72.9 Å². The van der Waals surface area contributed by atoms with E-state index in [4.69, 9.17) is 5.73 Å². The van der Waals surface area contributed by atoms with Gasteiger partial charge in [0.05, 0.1) is 10.7 Å². The predicted molar refractivity (Wildman–Crippen MR) is 87.5 cm³/mol. The summed E-state index contributed by atoms with van der Waals surface area (Å²) in [4.78, 5) is 12.0. The fourth-order valence-corrected chi connectivity index (χ4v) is 2.99. The van der Waals surface area contributed by atoms with E-state index in [2.05, 4.69) is 10.4 Å². The van der Waals surface area contributed by atoms with E-state index in [9.17, 15) is 4.79 Å². The van der Waals surface area contributed by atoms with Crippen LogP contribution in [0.3, 0.4) is 0 Å². The van der Waals surface area contributed by atoms with E-state index in [1.807, 2.05) is 43.8 Å². The van der Waals surface area contributed by atoms with Crippen LogP contribution in [0.4, 0.5) is 11.4 Å². The van der Waals surface area contributed by atoms with Crippen molar-refractivity contribution in [2.24, 2.45) is 7.05 Å². The Morgan fingerprint density at radius 3 is 2.76 bits per heavy atom. The lowest BCUT2D eigenvalue weighted by Crippen LogP contribution is -2.13. The number of benzene rings is 1. The van der Waals surface area contributed by atoms with Crippen molar-refractivity contribution in [3.05, 3.63) is 35.5 Å². The minimum absolute atomic E-state index is 0.00858. The van der Waals surface area contributed by atoms with Crippen LogP contribution >= 0.6 is 11.8 Å². The number of nitrogens with two attached hydrogens (primary N) is 1. The van der Waals surface area contributed by atoms with Gasteiger partial charge in [-0.2, -0.15) is 5.10 Å². The summed E-state index contributed by atoms with van der Waals surface area (Å²) < 4.78 is 1.84. The first-order valence-electron chi connectivity index (χ1n) is 6.75. The molecule has 1 aromatic carbocycles. The molecule has 0 aliphatic heterocycles. The summed E-state index contributed by atoms with van der Waals surface area (Å²) in [5.74, 6) is 0.730. The van der Waals surface area contributed by atoms with Crippen LogP contribution < -0.4 is 11.1 Å². The smallest absolute Gasteiger partial charge is 0.225 e. The normalized spacial score (nSPS) is 10.6. The zero-order chi connectivity index (χ0) is 15.4. The number of nitrogens with one attached hydrogen (secondary N) is 1. The van der Waals surface area contributed by atoms with Crippen LogP contribution in [-0.4, -0.2) is 21.4 Å². The Hall–Kier alpha value is -1.95. The number of aryl methyl sites for hydroxylation is 3. The Labute approximate surface area is 128 Å². The van der Waals surface area contributed by atoms with Gasteiger partial charge in [-0.3, -0.25) is 9.48 Å². The molecule has 112 valence electrons. The summed E-state index contributed by atoms with van der Waals surface area (Å²) in [6, 6.07) is 7.49. The number of nitrogen functional groups attached to an aromatic ring is 1. The van der Waals surface area contributed by atoms with E-state index >= 15 is 0 Å². The molecule has 0 aliphatic carbocycles. The van der Waals surface area contributed by atoms with Crippen LogP contribution in [0.1, 0.15) is 17.7 Å². The van der Waals surface area contributed by atoms with Crippen LogP contribution in [0.25, 0.3) is 0 Å². The van der Waals surface area contributed by atoms with Crippen molar-refractivity contribution in [3.8, 4) is 0 Å². The molecule has 1 amide bonds. The van der Waals surface area contributed by atoms with Gasteiger partial charge >= 0.3 is 0 Å². The number of thioether (sulfide) groups is 1. The summed E-state index contributed by atoms with van der Waals surface area (Å²) in [6.07, 6.45) is 0.457. The molecule has 0 atom stereocenters. The van der Waals surface area contributed by atoms with E-state index in [-0.39, 0.29) is 5.91 Å². The first kappa shape index (κ1) is 15.4. The van der Waals surface area contributed by atoms with E-state index in [0.29, 0.717) is 12.1 Å². The molecule has 0 saturated heterocycles. The van der Waals surface area contributed by atoms with E-state index in [1.165, 1.54) is 0 Å². The van der Waals surface area contributed by atoms with Gasteiger partial charge in [0.25, 0.3) is 0 Å². The molecule has 1 heterocycles. The number of nitrogens with zero attached hydrogens (tertiary/aromatic N) is 2. The molecule has 0 saturated carbocycles. The number of aromatic nitrogens is 2. The highest BCUT2D eigenvalue weighted by Crippen LogP contribution is 2.20. The number of hydrogen-bond acceptors (Lipinski definition) is 4. The molecule has 0 fully saturated rings. The molecule has 3 N–H and O–H groups in total. The average Bonchev–Trinajstić information content (AvgIpc) is 2.71. The Bertz CT molecular complexity index is 651. The fourth-order valence-electron chi connectivity index (χ4n) is 2.01. The van der Waals surface area contributed by atoms with Crippen LogP contribution in [-0.2, 0) is 11.8 Å². The number of carbonyl (C=O) groups is 1. The van der Waals surface area contributed by atoms with Crippen molar-refractivity contribution in [1.82, 2.24) is 9.78 Å². The highest BCUT2D eigenvalue weighted by molar-refractivity contribution is 7.99. The fraction of sp³-hybridized carbons (Fsp3) is 0.333. The first-order valence-corrected chi connectivity index (χ1v) is 7.73. The number of anilines is 2. The minimum Gasteiger partial charge on any atom is -0.399 e. The van der Waals surface area contributed by atoms with Crippen molar-refractivity contribution in [3.63, 3.8) is 0 Å². The summed E-state index contributed by atoms with van der Waals surface area (Å²) in [6.45, 7) is 3.89. The van der Waals surface area contributed by atoms with Crippen LogP contribution in [0.2, 0.25) is 0 Å². The number of hydrogen-bond donors (Lipinski definition) is 2. The van der Waals surface area contributed by atoms with Gasteiger partial charge in [0.1, 0.15) is 0 Å². The lowest BCUT2D eigenvalue weighted by molar-refractivity contribution is -0.115. The van der Waals surface area contributed by atoms with Gasteiger partial charge in [0.2, 0.25) is 5.91 Å². The minimum atomic E-state index is 0.00858. The highest BCUT2D eigenvalue weighted by atomic mass is 32.2. The maximum Gasteiger partial charge on any atom is 0.225 e. The van der Waals surface area contributed by atoms with E-state index in [1.54, 1.807) is 17.8 Å². The first-order chi connectivity index (χ1) is 9.95. The third-order valence-corrected chi connectivity index (χ3v) is 4.15. The maximum atomic E-state index is 12.0. The molecule has 0 aliphatic rings. The molecular formula is C15H20N4OS. The molecule has 2 rings (SSSR count). The molecule has 1 aromatic heterocycles. The second-order valence-electron chi connectivity index (χ2n) is 4.97. The standard InChI is InChI=1S/C15H20N4OS/c1-10-8-12(16)4-5-13(10)17-14(20)6-7-21-15-9-11(2)18-19(15)3/h4-5,8-9H,6-7,16H2,1-3H3,(H,17,20).